The van der Waals surface area contributed by atoms with Crippen molar-refractivity contribution in [1.82, 2.24) is 15.5 Å². The van der Waals surface area contributed by atoms with Crippen LogP contribution >= 0.6 is 24.0 Å². The first kappa shape index (κ1) is 27.2. The summed E-state index contributed by atoms with van der Waals surface area (Å²) < 4.78 is 17.1. The summed E-state index contributed by atoms with van der Waals surface area (Å²) in [6, 6.07) is 16.2. The Morgan fingerprint density at radius 1 is 1.03 bits per heavy atom. The van der Waals surface area contributed by atoms with Crippen LogP contribution in [0.15, 0.2) is 53.5 Å². The number of benzene rings is 2. The number of hydrogen-bond donors (Lipinski definition) is 2. The van der Waals surface area contributed by atoms with Crippen molar-refractivity contribution in [2.75, 3.05) is 52.6 Å². The molecule has 182 valence electrons. The van der Waals surface area contributed by atoms with E-state index in [0.29, 0.717) is 26.3 Å². The Hall–Kier alpha value is -2.04. The van der Waals surface area contributed by atoms with Gasteiger partial charge in [-0.1, -0.05) is 30.3 Å². The van der Waals surface area contributed by atoms with E-state index in [1.807, 2.05) is 37.3 Å². The first-order valence-corrected chi connectivity index (χ1v) is 11.5. The second-order valence-corrected chi connectivity index (χ2v) is 7.54. The molecule has 2 aromatic rings. The van der Waals surface area contributed by atoms with Crippen LogP contribution in [-0.4, -0.2) is 63.5 Å². The molecule has 0 bridgehead atoms. The predicted molar refractivity (Wildman–Crippen MR) is 144 cm³/mol. The largest absolute Gasteiger partial charge is 0.494 e. The van der Waals surface area contributed by atoms with Gasteiger partial charge in [0, 0.05) is 38.3 Å². The first-order valence-electron chi connectivity index (χ1n) is 11.5. The van der Waals surface area contributed by atoms with Gasteiger partial charge in [-0.15, -0.1) is 24.0 Å². The maximum absolute atomic E-state index is 5.97. The molecule has 0 atom stereocenters. The lowest BCUT2D eigenvalue weighted by atomic mass is 10.2. The smallest absolute Gasteiger partial charge is 0.191 e. The third kappa shape index (κ3) is 9.77. The van der Waals surface area contributed by atoms with E-state index in [4.69, 9.17) is 19.2 Å². The maximum atomic E-state index is 5.97. The van der Waals surface area contributed by atoms with Gasteiger partial charge in [0.2, 0.25) is 0 Å². The summed E-state index contributed by atoms with van der Waals surface area (Å²) in [4.78, 5) is 7.12. The van der Waals surface area contributed by atoms with Crippen LogP contribution in [0.2, 0.25) is 0 Å². The third-order valence-corrected chi connectivity index (χ3v) is 5.16. The summed E-state index contributed by atoms with van der Waals surface area (Å²) in [5, 5.41) is 6.71. The monoisotopic (exact) mass is 568 g/mol. The Morgan fingerprint density at radius 2 is 1.85 bits per heavy atom. The fourth-order valence-corrected chi connectivity index (χ4v) is 3.49. The van der Waals surface area contributed by atoms with Crippen molar-refractivity contribution in [2.45, 2.75) is 26.9 Å². The zero-order chi connectivity index (χ0) is 22.4. The highest BCUT2D eigenvalue weighted by Gasteiger charge is 2.10. The number of aliphatic imine (C=N–C) groups is 1. The molecule has 33 heavy (non-hydrogen) atoms. The second kappa shape index (κ2) is 15.7. The van der Waals surface area contributed by atoms with Gasteiger partial charge in [-0.3, -0.25) is 4.90 Å². The summed E-state index contributed by atoms with van der Waals surface area (Å²) in [6.45, 7) is 11.9. The van der Waals surface area contributed by atoms with Gasteiger partial charge in [0.15, 0.2) is 5.96 Å². The Bertz CT molecular complexity index is 844. The highest BCUT2D eigenvalue weighted by Crippen LogP contribution is 2.18. The minimum absolute atomic E-state index is 0. The fraction of sp³-hybridized carbons (Fsp3) is 0.480. The van der Waals surface area contributed by atoms with E-state index < -0.39 is 0 Å². The molecule has 8 heteroatoms. The SMILES string of the molecule is CCNC(=NCc1cccc(OCCN2CCOCC2)c1)NCc1ccccc1OCC.I. The summed E-state index contributed by atoms with van der Waals surface area (Å²) >= 11 is 0. The first-order chi connectivity index (χ1) is 15.8. The summed E-state index contributed by atoms with van der Waals surface area (Å²) in [6.07, 6.45) is 0. The van der Waals surface area contributed by atoms with E-state index >= 15 is 0 Å². The minimum Gasteiger partial charge on any atom is -0.494 e. The van der Waals surface area contributed by atoms with Gasteiger partial charge in [0.25, 0.3) is 0 Å². The summed E-state index contributed by atoms with van der Waals surface area (Å²) in [5.74, 6) is 2.56. The second-order valence-electron chi connectivity index (χ2n) is 7.54. The average Bonchev–Trinajstić information content (AvgIpc) is 2.83. The van der Waals surface area contributed by atoms with Gasteiger partial charge in [-0.25, -0.2) is 4.99 Å². The molecule has 0 unspecified atom stereocenters. The van der Waals surface area contributed by atoms with Crippen LogP contribution in [0.3, 0.4) is 0 Å². The lowest BCUT2D eigenvalue weighted by Gasteiger charge is -2.26. The van der Waals surface area contributed by atoms with Crippen molar-refractivity contribution in [2.24, 2.45) is 4.99 Å². The Kier molecular flexibility index (Phi) is 13.0. The van der Waals surface area contributed by atoms with Crippen LogP contribution < -0.4 is 20.1 Å². The number of halogens is 1. The number of nitrogens with zero attached hydrogens (tertiary/aromatic N) is 2. The van der Waals surface area contributed by atoms with Crippen LogP contribution in [0.25, 0.3) is 0 Å². The zero-order valence-corrected chi connectivity index (χ0v) is 22.0. The Morgan fingerprint density at radius 3 is 2.64 bits per heavy atom. The quantitative estimate of drug-likeness (QED) is 0.245. The van der Waals surface area contributed by atoms with Gasteiger partial charge in [-0.2, -0.15) is 0 Å². The van der Waals surface area contributed by atoms with Crippen molar-refractivity contribution in [1.29, 1.82) is 0 Å². The van der Waals surface area contributed by atoms with Crippen LogP contribution in [0, 0.1) is 0 Å². The van der Waals surface area contributed by atoms with E-state index in [1.54, 1.807) is 0 Å². The number of rotatable bonds is 11. The molecule has 2 aromatic carbocycles. The molecule has 0 aromatic heterocycles. The van der Waals surface area contributed by atoms with Gasteiger partial charge in [0.1, 0.15) is 18.1 Å². The number of nitrogens with one attached hydrogen (secondary N) is 2. The van der Waals surface area contributed by atoms with Crippen LogP contribution in [0.4, 0.5) is 0 Å². The van der Waals surface area contributed by atoms with Crippen LogP contribution in [-0.2, 0) is 17.8 Å². The molecule has 1 saturated heterocycles. The highest BCUT2D eigenvalue weighted by atomic mass is 127. The normalized spacial score (nSPS) is 14.3. The topological polar surface area (TPSA) is 67.4 Å². The number of ether oxygens (including phenoxy) is 3. The molecule has 1 fully saturated rings. The van der Waals surface area contributed by atoms with E-state index in [0.717, 1.165) is 68.0 Å². The van der Waals surface area contributed by atoms with E-state index in [9.17, 15) is 0 Å². The summed E-state index contributed by atoms with van der Waals surface area (Å²) in [5.41, 5.74) is 2.22. The number of morpholine rings is 1. The Balaban J connectivity index is 0.00000385. The van der Waals surface area contributed by atoms with Gasteiger partial charge < -0.3 is 24.8 Å². The molecule has 0 spiro atoms. The molecule has 0 aliphatic carbocycles. The molecular weight excluding hydrogens is 531 g/mol. The van der Waals surface area contributed by atoms with Crippen molar-refractivity contribution >= 4 is 29.9 Å². The number of guanidine groups is 1. The molecular formula is C25H37IN4O3. The van der Waals surface area contributed by atoms with Crippen LogP contribution in [0.1, 0.15) is 25.0 Å². The lowest BCUT2D eigenvalue weighted by molar-refractivity contribution is 0.0322. The standard InChI is InChI=1S/C25H36N4O3.HI/c1-3-26-25(28-20-22-9-5-6-11-24(22)31-4-2)27-19-21-8-7-10-23(18-21)32-17-14-29-12-15-30-16-13-29;/h5-11,18H,3-4,12-17,19-20H2,1-2H3,(H2,26,27,28);1H. The minimum atomic E-state index is 0. The average molecular weight is 569 g/mol. The van der Waals surface area contributed by atoms with Gasteiger partial charge >= 0.3 is 0 Å². The molecule has 0 radical (unpaired) electrons. The molecule has 0 amide bonds. The summed E-state index contributed by atoms with van der Waals surface area (Å²) in [7, 11) is 0. The molecule has 7 nitrogen and oxygen atoms in total. The van der Waals surface area contributed by atoms with Crippen molar-refractivity contribution < 1.29 is 14.2 Å². The Labute approximate surface area is 214 Å². The van der Waals surface area contributed by atoms with Crippen LogP contribution in [0.5, 0.6) is 11.5 Å². The fourth-order valence-electron chi connectivity index (χ4n) is 3.49. The molecule has 0 saturated carbocycles. The third-order valence-electron chi connectivity index (χ3n) is 5.16. The van der Waals surface area contributed by atoms with E-state index in [-0.39, 0.29) is 24.0 Å². The highest BCUT2D eigenvalue weighted by molar-refractivity contribution is 14.0. The van der Waals surface area contributed by atoms with Crippen molar-refractivity contribution in [3.8, 4) is 11.5 Å². The molecule has 3 rings (SSSR count). The van der Waals surface area contributed by atoms with Crippen molar-refractivity contribution in [3.63, 3.8) is 0 Å². The van der Waals surface area contributed by atoms with Gasteiger partial charge in [0.05, 0.1) is 26.4 Å². The number of para-hydroxylation sites is 1. The number of hydrogen-bond acceptors (Lipinski definition) is 5. The maximum Gasteiger partial charge on any atom is 0.191 e. The molecule has 1 aliphatic rings. The lowest BCUT2D eigenvalue weighted by Crippen LogP contribution is -2.38. The van der Waals surface area contributed by atoms with Gasteiger partial charge in [-0.05, 0) is 37.6 Å². The zero-order valence-electron chi connectivity index (χ0n) is 19.7. The molecule has 1 heterocycles. The van der Waals surface area contributed by atoms with E-state index in [2.05, 4.69) is 40.7 Å². The predicted octanol–water partition coefficient (Wildman–Crippen LogP) is 3.67. The van der Waals surface area contributed by atoms with Crippen molar-refractivity contribution in [3.05, 3.63) is 59.7 Å². The molecule has 2 N–H and O–H groups in total. The van der Waals surface area contributed by atoms with E-state index in [1.165, 1.54) is 0 Å². The molecule has 1 aliphatic heterocycles.